The summed E-state index contributed by atoms with van der Waals surface area (Å²) in [6, 6.07) is 0. The molecule has 0 atom stereocenters. The minimum absolute atomic E-state index is 0. The van der Waals surface area contributed by atoms with E-state index in [0.29, 0.717) is 5.92 Å². The van der Waals surface area contributed by atoms with Gasteiger partial charge in [0.25, 0.3) is 0 Å². The maximum atomic E-state index is 3.72. The minimum atomic E-state index is 0. The molecule has 1 heteroatoms. The molecular formula is C10H22Mg. The first kappa shape index (κ1) is 17.7. The zero-order valence-electron chi connectivity index (χ0n) is 8.53. The molecule has 0 aromatic rings. The van der Waals surface area contributed by atoms with Crippen LogP contribution in [0.25, 0.3) is 0 Å². The second kappa shape index (κ2) is 17.0. The van der Waals surface area contributed by atoms with E-state index in [1.54, 1.807) is 0 Å². The van der Waals surface area contributed by atoms with Gasteiger partial charge in [-0.3, -0.25) is 0 Å². The Morgan fingerprint density at radius 2 is 1.55 bits per heavy atom. The number of hydrogen-bond donors (Lipinski definition) is 0. The topological polar surface area (TPSA) is 0 Å². The summed E-state index contributed by atoms with van der Waals surface area (Å²) < 4.78 is 0. The Kier molecular flexibility index (Phi) is 27.5. The SMILES string of the molecule is [CH2-]C(C)C.[CH2-]CCCCC.[Mg+2]. The summed E-state index contributed by atoms with van der Waals surface area (Å²) in [5.74, 6) is 0.583. The van der Waals surface area contributed by atoms with Gasteiger partial charge in [0.2, 0.25) is 0 Å². The van der Waals surface area contributed by atoms with E-state index in [-0.39, 0.29) is 23.1 Å². The van der Waals surface area contributed by atoms with Crippen molar-refractivity contribution in [2.75, 3.05) is 0 Å². The largest absolute Gasteiger partial charge is 2.00 e. The Morgan fingerprint density at radius 1 is 1.18 bits per heavy atom. The fourth-order valence-electron chi connectivity index (χ4n) is 0.427. The maximum absolute atomic E-state index is 3.72. The van der Waals surface area contributed by atoms with Gasteiger partial charge in [0.1, 0.15) is 0 Å². The van der Waals surface area contributed by atoms with Crippen LogP contribution in [-0.4, -0.2) is 23.1 Å². The van der Waals surface area contributed by atoms with Crippen LogP contribution in [-0.2, 0) is 0 Å². The first-order valence-corrected chi connectivity index (χ1v) is 4.27. The monoisotopic (exact) mass is 166 g/mol. The molecule has 0 spiro atoms. The molecule has 0 saturated heterocycles. The van der Waals surface area contributed by atoms with E-state index in [0.717, 1.165) is 6.42 Å². The second-order valence-corrected chi connectivity index (χ2v) is 2.95. The zero-order valence-corrected chi connectivity index (χ0v) is 9.94. The van der Waals surface area contributed by atoms with Gasteiger partial charge in [0.15, 0.2) is 0 Å². The van der Waals surface area contributed by atoms with Gasteiger partial charge in [-0.1, -0.05) is 40.0 Å². The van der Waals surface area contributed by atoms with Crippen molar-refractivity contribution in [3.8, 4) is 0 Å². The summed E-state index contributed by atoms with van der Waals surface area (Å²) in [5.41, 5.74) is 0. The van der Waals surface area contributed by atoms with Crippen molar-refractivity contribution >= 4 is 23.1 Å². The summed E-state index contributed by atoms with van der Waals surface area (Å²) in [4.78, 5) is 0. The third-order valence-electron chi connectivity index (χ3n) is 0.854. The van der Waals surface area contributed by atoms with Crippen molar-refractivity contribution in [1.82, 2.24) is 0 Å². The van der Waals surface area contributed by atoms with Gasteiger partial charge in [-0.2, -0.15) is 12.3 Å². The Hall–Kier alpha value is 0.766. The first-order valence-electron chi connectivity index (χ1n) is 4.27. The van der Waals surface area contributed by atoms with Crippen molar-refractivity contribution in [2.24, 2.45) is 5.92 Å². The van der Waals surface area contributed by atoms with E-state index in [9.17, 15) is 0 Å². The van der Waals surface area contributed by atoms with Crippen LogP contribution in [0.5, 0.6) is 0 Å². The second-order valence-electron chi connectivity index (χ2n) is 2.95. The van der Waals surface area contributed by atoms with Crippen LogP contribution in [0.2, 0.25) is 0 Å². The molecule has 0 amide bonds. The fourth-order valence-corrected chi connectivity index (χ4v) is 0.427. The molecule has 0 nitrogen and oxygen atoms in total. The van der Waals surface area contributed by atoms with Gasteiger partial charge in [0, 0.05) is 0 Å². The summed E-state index contributed by atoms with van der Waals surface area (Å²) >= 11 is 0. The molecular weight excluding hydrogens is 144 g/mol. The molecule has 0 unspecified atom stereocenters. The van der Waals surface area contributed by atoms with E-state index in [4.69, 9.17) is 0 Å². The number of rotatable bonds is 3. The number of unbranched alkanes of at least 4 members (excludes halogenated alkanes) is 3. The molecule has 0 saturated carbocycles. The molecule has 0 N–H and O–H groups in total. The predicted molar refractivity (Wildman–Crippen MR) is 55.4 cm³/mol. The van der Waals surface area contributed by atoms with Crippen molar-refractivity contribution in [2.45, 2.75) is 46.5 Å². The number of hydrogen-bond acceptors (Lipinski definition) is 0. The third-order valence-corrected chi connectivity index (χ3v) is 0.854. The van der Waals surface area contributed by atoms with Gasteiger partial charge < -0.3 is 13.8 Å². The van der Waals surface area contributed by atoms with Crippen LogP contribution in [0.4, 0.5) is 0 Å². The Labute approximate surface area is 89.3 Å². The Balaban J connectivity index is -0.000000114. The van der Waals surface area contributed by atoms with Crippen molar-refractivity contribution < 1.29 is 0 Å². The maximum Gasteiger partial charge on any atom is 2.00 e. The van der Waals surface area contributed by atoms with E-state index in [2.05, 4.69) is 34.6 Å². The van der Waals surface area contributed by atoms with E-state index in [1.165, 1.54) is 19.3 Å². The van der Waals surface area contributed by atoms with Crippen LogP contribution in [0.15, 0.2) is 0 Å². The van der Waals surface area contributed by atoms with Crippen LogP contribution in [0, 0.1) is 19.8 Å². The predicted octanol–water partition coefficient (Wildman–Crippen LogP) is 3.50. The standard InChI is InChI=1S/C6H13.C4H9.Mg/c1-3-5-6-4-2;1-4(2)3;/h1,3-6H2,2H3;4H,1H2,2-3H3;/q2*-1;+2. The summed E-state index contributed by atoms with van der Waals surface area (Å²) in [6.45, 7) is 13.7. The zero-order chi connectivity index (χ0) is 8.41. The van der Waals surface area contributed by atoms with Crippen LogP contribution >= 0.6 is 0 Å². The van der Waals surface area contributed by atoms with Gasteiger partial charge in [-0.05, 0) is 0 Å². The molecule has 64 valence electrons. The summed E-state index contributed by atoms with van der Waals surface area (Å²) in [7, 11) is 0. The summed E-state index contributed by atoms with van der Waals surface area (Å²) in [6.07, 6.45) is 5.07. The quantitative estimate of drug-likeness (QED) is 0.342. The van der Waals surface area contributed by atoms with Crippen molar-refractivity contribution in [3.05, 3.63) is 13.8 Å². The van der Waals surface area contributed by atoms with Gasteiger partial charge in [0.05, 0.1) is 0 Å². The molecule has 0 aliphatic carbocycles. The van der Waals surface area contributed by atoms with Crippen LogP contribution in [0.1, 0.15) is 46.5 Å². The van der Waals surface area contributed by atoms with Crippen LogP contribution in [0.3, 0.4) is 0 Å². The molecule has 0 bridgehead atoms. The first-order chi connectivity index (χ1) is 4.65. The molecule has 0 heterocycles. The molecule has 0 aromatic carbocycles. The normalized spacial score (nSPS) is 8.18. The molecule has 0 aliphatic heterocycles. The average molecular weight is 167 g/mol. The molecule has 0 radical (unpaired) electrons. The Bertz CT molecular complexity index is 35.4. The summed E-state index contributed by atoms with van der Waals surface area (Å²) in [5, 5.41) is 0. The van der Waals surface area contributed by atoms with Gasteiger partial charge in [-0.15, -0.1) is 0 Å². The molecule has 11 heavy (non-hydrogen) atoms. The smallest absolute Gasteiger partial charge is 0.343 e. The van der Waals surface area contributed by atoms with Gasteiger partial charge in [-0.25, -0.2) is 0 Å². The van der Waals surface area contributed by atoms with E-state index in [1.807, 2.05) is 0 Å². The van der Waals surface area contributed by atoms with Gasteiger partial charge >= 0.3 is 23.1 Å². The fraction of sp³-hybridized carbons (Fsp3) is 0.800. The third kappa shape index (κ3) is 58.3. The molecule has 0 rings (SSSR count). The Morgan fingerprint density at radius 3 is 1.64 bits per heavy atom. The van der Waals surface area contributed by atoms with Crippen molar-refractivity contribution in [3.63, 3.8) is 0 Å². The molecule has 0 aliphatic rings. The van der Waals surface area contributed by atoms with Crippen molar-refractivity contribution in [1.29, 1.82) is 0 Å². The minimum Gasteiger partial charge on any atom is -0.343 e. The van der Waals surface area contributed by atoms with E-state index >= 15 is 0 Å². The van der Waals surface area contributed by atoms with E-state index < -0.39 is 0 Å². The molecule has 0 aromatic heterocycles. The molecule has 0 fully saturated rings. The average Bonchev–Trinajstić information content (AvgIpc) is 1.82. The van der Waals surface area contributed by atoms with Crippen LogP contribution < -0.4 is 0 Å².